The molecule has 0 unspecified atom stereocenters. The van der Waals surface area contributed by atoms with Gasteiger partial charge in [0.2, 0.25) is 5.16 Å². The van der Waals surface area contributed by atoms with Crippen molar-refractivity contribution in [3.05, 3.63) is 58.6 Å². The summed E-state index contributed by atoms with van der Waals surface area (Å²) in [5.41, 5.74) is 5.54. The van der Waals surface area contributed by atoms with Gasteiger partial charge in [-0.1, -0.05) is 46.6 Å². The Kier molecular flexibility index (Phi) is 3.66. The maximum absolute atomic E-state index is 6.30. The Hall–Kier alpha value is -2.48. The van der Waals surface area contributed by atoms with E-state index >= 15 is 0 Å². The Balaban J connectivity index is 1.56. The number of rotatable bonds is 2. The molecule has 0 aliphatic carbocycles. The van der Waals surface area contributed by atoms with E-state index in [1.807, 2.05) is 48.5 Å². The average Bonchev–Trinajstić information content (AvgIpc) is 3.25. The number of aromatic nitrogens is 4. The van der Waals surface area contributed by atoms with Crippen LogP contribution in [0.1, 0.15) is 0 Å². The molecule has 0 saturated carbocycles. The smallest absolute Gasteiger partial charge is 0.258 e. The van der Waals surface area contributed by atoms with Gasteiger partial charge in [0.25, 0.3) is 5.88 Å². The van der Waals surface area contributed by atoms with Gasteiger partial charge >= 0.3 is 0 Å². The van der Waals surface area contributed by atoms with Gasteiger partial charge in [-0.15, -0.1) is 10.2 Å². The lowest BCUT2D eigenvalue weighted by Crippen LogP contribution is -2.15. The van der Waals surface area contributed by atoms with Gasteiger partial charge in [-0.25, -0.2) is 4.68 Å². The Morgan fingerprint density at radius 1 is 1.00 bits per heavy atom. The zero-order valence-corrected chi connectivity index (χ0v) is 15.3. The van der Waals surface area contributed by atoms with E-state index < -0.39 is 0 Å². The molecule has 1 aliphatic heterocycles. The first-order chi connectivity index (χ1) is 12.7. The van der Waals surface area contributed by atoms with E-state index in [-0.39, 0.29) is 0 Å². The molecule has 0 spiro atoms. The molecule has 9 heteroatoms. The minimum atomic E-state index is 0.521. The molecule has 26 heavy (non-hydrogen) atoms. The van der Waals surface area contributed by atoms with Crippen LogP contribution in [0.15, 0.2) is 63.1 Å². The second-order valence-corrected chi connectivity index (χ2v) is 7.35. The number of nitrogens with one attached hydrogen (secondary N) is 1. The quantitative estimate of drug-likeness (QED) is 0.435. The third-order valence-corrected chi connectivity index (χ3v) is 5.53. The van der Waals surface area contributed by atoms with Crippen LogP contribution in [0.2, 0.25) is 10.0 Å². The molecule has 0 amide bonds. The molecule has 0 atom stereocenters. The lowest BCUT2D eigenvalue weighted by Gasteiger charge is -2.15. The molecular weight excluding hydrogens is 393 g/mol. The number of benzene rings is 2. The second kappa shape index (κ2) is 6.05. The topological polar surface area (TPSA) is 68.8 Å². The van der Waals surface area contributed by atoms with Gasteiger partial charge in [0.15, 0.2) is 5.82 Å². The summed E-state index contributed by atoms with van der Waals surface area (Å²) >= 11 is 13.7. The summed E-state index contributed by atoms with van der Waals surface area (Å²) in [5, 5.41) is 14.7. The zero-order chi connectivity index (χ0) is 17.7. The van der Waals surface area contributed by atoms with Crippen LogP contribution in [-0.2, 0) is 0 Å². The molecular formula is C17H9Cl2N5OS. The number of anilines is 1. The maximum Gasteiger partial charge on any atom is 0.258 e. The maximum atomic E-state index is 6.30. The molecule has 0 bridgehead atoms. The van der Waals surface area contributed by atoms with E-state index in [4.69, 9.17) is 27.7 Å². The van der Waals surface area contributed by atoms with E-state index in [1.54, 1.807) is 4.68 Å². The molecule has 5 rings (SSSR count). The highest BCUT2D eigenvalue weighted by Crippen LogP contribution is 2.45. The molecule has 3 heterocycles. The molecule has 0 radical (unpaired) electrons. The number of fused-ring (bicyclic) bond motifs is 2. The Bertz CT molecular complexity index is 1120. The van der Waals surface area contributed by atoms with Crippen molar-refractivity contribution in [3.8, 4) is 22.6 Å². The Labute approximate surface area is 162 Å². The van der Waals surface area contributed by atoms with Crippen LogP contribution >= 0.6 is 35.0 Å². The van der Waals surface area contributed by atoms with Gasteiger partial charge in [0.05, 0.1) is 5.02 Å². The lowest BCUT2D eigenvalue weighted by molar-refractivity contribution is 0.428. The molecule has 128 valence electrons. The predicted molar refractivity (Wildman–Crippen MR) is 101 cm³/mol. The minimum Gasteiger partial charge on any atom is -0.335 e. The highest BCUT2D eigenvalue weighted by molar-refractivity contribution is 7.99. The number of hydrogen-bond acceptors (Lipinski definition) is 6. The molecule has 6 nitrogen and oxygen atoms in total. The predicted octanol–water partition coefficient (Wildman–Crippen LogP) is 5.25. The van der Waals surface area contributed by atoms with E-state index in [2.05, 4.69) is 20.8 Å². The minimum absolute atomic E-state index is 0.521. The molecule has 2 aromatic heterocycles. The normalized spacial score (nSPS) is 12.4. The van der Waals surface area contributed by atoms with Crippen LogP contribution in [0.4, 0.5) is 5.88 Å². The van der Waals surface area contributed by atoms with Gasteiger partial charge in [0, 0.05) is 16.1 Å². The molecule has 1 N–H and O–H groups in total. The fourth-order valence-corrected chi connectivity index (χ4v) is 3.95. The summed E-state index contributed by atoms with van der Waals surface area (Å²) in [5.74, 6) is 1.18. The molecule has 2 aromatic carbocycles. The van der Waals surface area contributed by atoms with Crippen molar-refractivity contribution >= 4 is 40.8 Å². The lowest BCUT2D eigenvalue weighted by atomic mass is 10.1. The van der Waals surface area contributed by atoms with E-state index in [9.17, 15) is 0 Å². The number of halogens is 2. The van der Waals surface area contributed by atoms with Crippen molar-refractivity contribution in [2.45, 2.75) is 10.1 Å². The van der Waals surface area contributed by atoms with Crippen LogP contribution in [-0.4, -0.2) is 20.0 Å². The van der Waals surface area contributed by atoms with Crippen LogP contribution in [0, 0.1) is 0 Å². The van der Waals surface area contributed by atoms with Crippen LogP contribution in [0.25, 0.3) is 22.6 Å². The highest BCUT2D eigenvalue weighted by Gasteiger charge is 2.29. The summed E-state index contributed by atoms with van der Waals surface area (Å²) in [7, 11) is 0. The van der Waals surface area contributed by atoms with Crippen molar-refractivity contribution in [3.63, 3.8) is 0 Å². The van der Waals surface area contributed by atoms with Gasteiger partial charge in [-0.05, 0) is 42.1 Å². The van der Waals surface area contributed by atoms with E-state index in [0.717, 1.165) is 16.0 Å². The van der Waals surface area contributed by atoms with Crippen molar-refractivity contribution in [1.29, 1.82) is 0 Å². The van der Waals surface area contributed by atoms with Crippen LogP contribution in [0.5, 0.6) is 0 Å². The summed E-state index contributed by atoms with van der Waals surface area (Å²) in [6, 6.07) is 14.9. The SMILES string of the molecule is Clc1ccc(-c2nnc3n2Nc2onc(-c4ccccc4Cl)c2S3)cc1. The monoisotopic (exact) mass is 401 g/mol. The van der Waals surface area contributed by atoms with Crippen molar-refractivity contribution < 1.29 is 4.52 Å². The fourth-order valence-electron chi connectivity index (χ4n) is 2.69. The van der Waals surface area contributed by atoms with Crippen LogP contribution < -0.4 is 5.43 Å². The van der Waals surface area contributed by atoms with Gasteiger partial charge in [-0.3, -0.25) is 5.43 Å². The standard InChI is InChI=1S/C17H9Cl2N5OS/c18-10-7-5-9(6-8-10)15-20-21-17-24(15)22-16-14(26-17)13(23-25-16)11-3-1-2-4-12(11)19/h1-8,22H. The third-order valence-electron chi connectivity index (χ3n) is 3.92. The van der Waals surface area contributed by atoms with Crippen molar-refractivity contribution in [2.75, 3.05) is 5.43 Å². The molecule has 4 aromatic rings. The number of hydrogen-bond donors (Lipinski definition) is 1. The third kappa shape index (κ3) is 2.47. The Morgan fingerprint density at radius 2 is 1.81 bits per heavy atom. The fraction of sp³-hybridized carbons (Fsp3) is 0. The van der Waals surface area contributed by atoms with Gasteiger partial charge < -0.3 is 4.52 Å². The second-order valence-electron chi connectivity index (χ2n) is 5.53. The van der Waals surface area contributed by atoms with Crippen molar-refractivity contribution in [1.82, 2.24) is 20.0 Å². The average molecular weight is 402 g/mol. The summed E-state index contributed by atoms with van der Waals surface area (Å²) in [6.45, 7) is 0. The van der Waals surface area contributed by atoms with Crippen molar-refractivity contribution in [2.24, 2.45) is 0 Å². The summed E-state index contributed by atoms with van der Waals surface area (Å²) in [6.07, 6.45) is 0. The first-order valence-electron chi connectivity index (χ1n) is 7.61. The van der Waals surface area contributed by atoms with Crippen LogP contribution in [0.3, 0.4) is 0 Å². The van der Waals surface area contributed by atoms with Gasteiger partial charge in [0.1, 0.15) is 10.6 Å². The number of nitrogens with zero attached hydrogens (tertiary/aromatic N) is 4. The van der Waals surface area contributed by atoms with Gasteiger partial charge in [-0.2, -0.15) is 0 Å². The molecule has 0 saturated heterocycles. The highest BCUT2D eigenvalue weighted by atomic mass is 35.5. The summed E-state index contributed by atoms with van der Waals surface area (Å²) in [4.78, 5) is 0.820. The largest absolute Gasteiger partial charge is 0.335 e. The molecule has 0 fully saturated rings. The summed E-state index contributed by atoms with van der Waals surface area (Å²) < 4.78 is 7.26. The van der Waals surface area contributed by atoms with E-state index in [1.165, 1.54) is 11.8 Å². The Morgan fingerprint density at radius 3 is 2.62 bits per heavy atom. The van der Waals surface area contributed by atoms with E-state index in [0.29, 0.717) is 32.6 Å². The zero-order valence-electron chi connectivity index (χ0n) is 13.0. The first-order valence-corrected chi connectivity index (χ1v) is 9.19. The first kappa shape index (κ1) is 15.7. The molecule has 1 aliphatic rings.